The molecule has 2 aliphatic heterocycles. The van der Waals surface area contributed by atoms with Gasteiger partial charge in [0.25, 0.3) is 5.91 Å². The van der Waals surface area contributed by atoms with Crippen molar-refractivity contribution < 1.29 is 14.0 Å². The number of likely N-dealkylation sites (N-methyl/N-ethyl adjacent to an activating group) is 1. The van der Waals surface area contributed by atoms with Crippen LogP contribution in [0.5, 0.6) is 0 Å². The summed E-state index contributed by atoms with van der Waals surface area (Å²) in [6.45, 7) is 1.05. The van der Waals surface area contributed by atoms with Gasteiger partial charge in [-0.05, 0) is 19.4 Å². The lowest BCUT2D eigenvalue weighted by molar-refractivity contribution is -0.147. The van der Waals surface area contributed by atoms with Crippen LogP contribution in [0, 0.1) is 0 Å². The van der Waals surface area contributed by atoms with Gasteiger partial charge in [0.05, 0.1) is 0 Å². The van der Waals surface area contributed by atoms with Crippen LogP contribution in [0.1, 0.15) is 19.3 Å². The molecule has 0 aromatic heterocycles. The van der Waals surface area contributed by atoms with E-state index in [2.05, 4.69) is 10.6 Å². The minimum atomic E-state index is -1.82. The molecule has 2 N–H and O–H groups in total. The molecule has 5 nitrogen and oxygen atoms in total. The lowest BCUT2D eigenvalue weighted by Crippen LogP contribution is -2.53. The normalized spacial score (nSPS) is 32.8. The molecule has 2 saturated heterocycles. The number of amides is 2. The fourth-order valence-electron chi connectivity index (χ4n) is 2.55. The quantitative estimate of drug-likeness (QED) is 0.682. The Hall–Kier alpha value is -1.17. The average molecular weight is 243 g/mol. The van der Waals surface area contributed by atoms with Gasteiger partial charge in [0.15, 0.2) is 0 Å². The SMILES string of the molecule is CNC(=O)C1CCCN1C(=O)C1(F)CCNC1. The second-order valence-corrected chi connectivity index (χ2v) is 4.66. The first kappa shape index (κ1) is 12.3. The molecular formula is C11H18FN3O2. The van der Waals surface area contributed by atoms with Crippen molar-refractivity contribution >= 4 is 11.8 Å². The van der Waals surface area contributed by atoms with E-state index in [1.54, 1.807) is 0 Å². The number of hydrogen-bond acceptors (Lipinski definition) is 3. The van der Waals surface area contributed by atoms with E-state index in [1.165, 1.54) is 11.9 Å². The summed E-state index contributed by atoms with van der Waals surface area (Å²) in [6.07, 6.45) is 1.57. The Balaban J connectivity index is 2.10. The second kappa shape index (κ2) is 4.60. The van der Waals surface area contributed by atoms with Crippen molar-refractivity contribution in [3.8, 4) is 0 Å². The van der Waals surface area contributed by atoms with Crippen LogP contribution >= 0.6 is 0 Å². The molecule has 2 rings (SSSR count). The van der Waals surface area contributed by atoms with Crippen molar-refractivity contribution in [1.29, 1.82) is 0 Å². The zero-order valence-corrected chi connectivity index (χ0v) is 9.96. The van der Waals surface area contributed by atoms with Crippen LogP contribution in [-0.4, -0.2) is 55.1 Å². The van der Waals surface area contributed by atoms with Gasteiger partial charge in [-0.2, -0.15) is 0 Å². The van der Waals surface area contributed by atoms with Gasteiger partial charge in [-0.15, -0.1) is 0 Å². The summed E-state index contributed by atoms with van der Waals surface area (Å²) in [4.78, 5) is 25.1. The van der Waals surface area contributed by atoms with Crippen molar-refractivity contribution in [2.45, 2.75) is 31.0 Å². The van der Waals surface area contributed by atoms with Crippen molar-refractivity contribution in [2.75, 3.05) is 26.7 Å². The van der Waals surface area contributed by atoms with Gasteiger partial charge < -0.3 is 15.5 Å². The molecule has 2 fully saturated rings. The van der Waals surface area contributed by atoms with Gasteiger partial charge in [0, 0.05) is 26.6 Å². The van der Waals surface area contributed by atoms with Gasteiger partial charge in [-0.1, -0.05) is 0 Å². The van der Waals surface area contributed by atoms with E-state index < -0.39 is 17.6 Å². The Kier molecular flexibility index (Phi) is 3.33. The van der Waals surface area contributed by atoms with Crippen LogP contribution in [0.3, 0.4) is 0 Å². The number of halogens is 1. The van der Waals surface area contributed by atoms with E-state index in [0.717, 1.165) is 6.42 Å². The Morgan fingerprint density at radius 1 is 1.53 bits per heavy atom. The molecule has 0 aromatic rings. The fourth-order valence-corrected chi connectivity index (χ4v) is 2.55. The van der Waals surface area contributed by atoms with E-state index in [-0.39, 0.29) is 18.9 Å². The molecule has 0 bridgehead atoms. The number of rotatable bonds is 2. The topological polar surface area (TPSA) is 61.4 Å². The van der Waals surface area contributed by atoms with E-state index >= 15 is 0 Å². The van der Waals surface area contributed by atoms with Crippen LogP contribution in [0.4, 0.5) is 4.39 Å². The molecule has 0 aromatic carbocycles. The number of nitrogens with one attached hydrogen (secondary N) is 2. The standard InChI is InChI=1S/C11H18FN3O2/c1-13-9(16)8-3-2-6-15(8)10(17)11(12)4-5-14-7-11/h8,14H,2-7H2,1H3,(H,13,16). The highest BCUT2D eigenvalue weighted by Gasteiger charge is 2.47. The highest BCUT2D eigenvalue weighted by Crippen LogP contribution is 2.27. The third-order valence-electron chi connectivity index (χ3n) is 3.55. The predicted octanol–water partition coefficient (Wildman–Crippen LogP) is -0.575. The molecule has 0 radical (unpaired) electrons. The minimum Gasteiger partial charge on any atom is -0.357 e. The maximum Gasteiger partial charge on any atom is 0.262 e. The maximum atomic E-state index is 14.3. The maximum absolute atomic E-state index is 14.3. The molecule has 0 saturated carbocycles. The predicted molar refractivity (Wildman–Crippen MR) is 60.1 cm³/mol. The largest absolute Gasteiger partial charge is 0.357 e. The van der Waals surface area contributed by atoms with Crippen LogP contribution in [0.25, 0.3) is 0 Å². The summed E-state index contributed by atoms with van der Waals surface area (Å²) in [5.41, 5.74) is -1.82. The average Bonchev–Trinajstić information content (AvgIpc) is 2.96. The van der Waals surface area contributed by atoms with Gasteiger partial charge in [-0.3, -0.25) is 9.59 Å². The van der Waals surface area contributed by atoms with Gasteiger partial charge in [-0.25, -0.2) is 4.39 Å². The van der Waals surface area contributed by atoms with Crippen molar-refractivity contribution in [3.05, 3.63) is 0 Å². The number of carbonyl (C=O) groups is 2. The summed E-state index contributed by atoms with van der Waals surface area (Å²) in [5.74, 6) is -0.737. The molecule has 0 spiro atoms. The Morgan fingerprint density at radius 3 is 2.88 bits per heavy atom. The van der Waals surface area contributed by atoms with E-state index in [1.807, 2.05) is 0 Å². The molecule has 2 aliphatic rings. The number of carbonyl (C=O) groups excluding carboxylic acids is 2. The Bertz CT molecular complexity index is 329. The summed E-state index contributed by atoms with van der Waals surface area (Å²) in [5, 5.41) is 5.38. The third-order valence-corrected chi connectivity index (χ3v) is 3.55. The summed E-state index contributed by atoms with van der Waals surface area (Å²) >= 11 is 0. The van der Waals surface area contributed by atoms with Crippen LogP contribution in [-0.2, 0) is 9.59 Å². The van der Waals surface area contributed by atoms with Crippen molar-refractivity contribution in [3.63, 3.8) is 0 Å². The van der Waals surface area contributed by atoms with Crippen molar-refractivity contribution in [1.82, 2.24) is 15.5 Å². The fraction of sp³-hybridized carbons (Fsp3) is 0.818. The van der Waals surface area contributed by atoms with E-state index in [4.69, 9.17) is 0 Å². The van der Waals surface area contributed by atoms with E-state index in [0.29, 0.717) is 19.5 Å². The van der Waals surface area contributed by atoms with E-state index in [9.17, 15) is 14.0 Å². The molecular weight excluding hydrogens is 225 g/mol. The molecule has 17 heavy (non-hydrogen) atoms. The van der Waals surface area contributed by atoms with Gasteiger partial charge in [0.1, 0.15) is 6.04 Å². The van der Waals surface area contributed by atoms with Crippen LogP contribution in [0.2, 0.25) is 0 Å². The van der Waals surface area contributed by atoms with Crippen LogP contribution < -0.4 is 10.6 Å². The molecule has 2 atom stereocenters. The molecule has 2 amide bonds. The number of alkyl halides is 1. The number of nitrogens with zero attached hydrogens (tertiary/aromatic N) is 1. The lowest BCUT2D eigenvalue weighted by atomic mass is 10.0. The Morgan fingerprint density at radius 2 is 2.29 bits per heavy atom. The summed E-state index contributed by atoms with van der Waals surface area (Å²) < 4.78 is 14.3. The Labute approximate surface area is 99.7 Å². The number of likely N-dealkylation sites (tertiary alicyclic amines) is 1. The lowest BCUT2D eigenvalue weighted by Gasteiger charge is -2.29. The zero-order chi connectivity index (χ0) is 12.5. The molecule has 0 aliphatic carbocycles. The van der Waals surface area contributed by atoms with Gasteiger partial charge >= 0.3 is 0 Å². The summed E-state index contributed by atoms with van der Waals surface area (Å²) in [6, 6.07) is -0.499. The first-order valence-electron chi connectivity index (χ1n) is 6.01. The smallest absolute Gasteiger partial charge is 0.262 e. The molecule has 2 unspecified atom stereocenters. The monoisotopic (exact) mass is 243 g/mol. The molecule has 96 valence electrons. The molecule has 6 heteroatoms. The molecule has 2 heterocycles. The van der Waals surface area contributed by atoms with Crippen molar-refractivity contribution in [2.24, 2.45) is 0 Å². The second-order valence-electron chi connectivity index (χ2n) is 4.66. The third kappa shape index (κ3) is 2.13. The van der Waals surface area contributed by atoms with Gasteiger partial charge in [0.2, 0.25) is 11.6 Å². The highest BCUT2D eigenvalue weighted by atomic mass is 19.1. The minimum absolute atomic E-state index is 0.0583. The van der Waals surface area contributed by atoms with Crippen LogP contribution in [0.15, 0.2) is 0 Å². The highest BCUT2D eigenvalue weighted by molar-refractivity contribution is 5.92. The zero-order valence-electron chi connectivity index (χ0n) is 9.96. The number of hydrogen-bond donors (Lipinski definition) is 2. The first-order chi connectivity index (χ1) is 8.08. The summed E-state index contributed by atoms with van der Waals surface area (Å²) in [7, 11) is 1.53. The first-order valence-corrected chi connectivity index (χ1v) is 6.01.